The van der Waals surface area contributed by atoms with E-state index in [9.17, 15) is 43.8 Å². The Kier molecular flexibility index (Phi) is 41.5. The molecule has 0 saturated heterocycles. The molecular weight excluding hydrogens is 853 g/mol. The highest BCUT2D eigenvalue weighted by Gasteiger charge is 2.33. The lowest BCUT2D eigenvalue weighted by atomic mass is 10.0. The lowest BCUT2D eigenvalue weighted by Gasteiger charge is -2.27. The first-order valence-corrected chi connectivity index (χ1v) is 25.9. The van der Waals surface area contributed by atoms with Gasteiger partial charge >= 0.3 is 5.97 Å². The number of aliphatic carboxylic acids is 1. The molecular formula is C47H90N8O9S. The van der Waals surface area contributed by atoms with Gasteiger partial charge in [-0.25, -0.2) is 0 Å². The number of unbranched alkanes of at least 4 members (excludes halogenated alkanes) is 17. The number of aldehydes is 1. The van der Waals surface area contributed by atoms with Crippen molar-refractivity contribution >= 4 is 59.5 Å². The van der Waals surface area contributed by atoms with Crippen molar-refractivity contribution in [1.29, 1.82) is 0 Å². The predicted octanol–water partition coefficient (Wildman–Crippen LogP) is 5.53. The van der Waals surface area contributed by atoms with Gasteiger partial charge in [-0.05, 0) is 58.0 Å². The zero-order chi connectivity index (χ0) is 49.3. The molecule has 0 aliphatic carbocycles. The second kappa shape index (κ2) is 42.7. The van der Waals surface area contributed by atoms with Crippen molar-refractivity contribution in [3.8, 4) is 0 Å². The Bertz CT molecular complexity index is 1330. The molecule has 0 aromatic rings. The van der Waals surface area contributed by atoms with E-state index in [1.165, 1.54) is 116 Å². The molecule has 0 spiro atoms. The second-order valence-electron chi connectivity index (χ2n) is 17.0. The Morgan fingerprint density at radius 3 is 1.40 bits per heavy atom. The van der Waals surface area contributed by atoms with Crippen LogP contribution in [0.25, 0.3) is 0 Å². The number of carbonyl (C=O) groups is 7. The summed E-state index contributed by atoms with van der Waals surface area (Å²) in [6.45, 7) is 9.61. The predicted molar refractivity (Wildman–Crippen MR) is 262 cm³/mol. The first-order valence-electron chi connectivity index (χ1n) is 24.5. The van der Waals surface area contributed by atoms with Crippen molar-refractivity contribution in [3.05, 3.63) is 0 Å². The number of aliphatic hydroxyl groups is 1. The molecule has 0 saturated carbocycles. The summed E-state index contributed by atoms with van der Waals surface area (Å²) < 4.78 is 0. The number of rotatable bonds is 40. The second-order valence-corrected chi connectivity index (χ2v) is 18.0. The monoisotopic (exact) mass is 943 g/mol. The molecule has 6 atom stereocenters. The fraction of sp³-hybridized carbons (Fsp3) is 0.830. The Hall–Kier alpha value is -3.93. The van der Waals surface area contributed by atoms with Crippen LogP contribution in [-0.4, -0.2) is 113 Å². The van der Waals surface area contributed by atoms with E-state index in [0.717, 1.165) is 25.7 Å². The fourth-order valence-corrected chi connectivity index (χ4v) is 7.26. The standard InChI is InChI=1S/C36H66N8O9S.C11H24/c1-5-6-7-8-9-10-11-12-13-14-17-29(47)44-31(25(3)46)35(53)43-27(18-19-30(48)49)34(52)41-26(16-15-21-39-36(37)38)33(51)42-28(20-22-54-4)32(50)40-24(2)23-45;1-3-5-7-9-11-10-8-6-4-2/h23-28,31,46H,5-22H2,1-4H3,(H,40,50)(H,41,52)(H,42,51)(H,43,53)(H,44,47)(H,48,49)(H4,37,38,39);3-11H2,1-2H3/t24-,25+,26-,27?,28?,31-;/m0./s1. The first kappa shape index (κ1) is 63.2. The number of carboxylic acid groups (broad SMARTS) is 1. The maximum Gasteiger partial charge on any atom is 0.303 e. The molecule has 11 N–H and O–H groups in total. The number of nitrogens with zero attached hydrogens (tertiary/aromatic N) is 1. The number of guanidine groups is 1. The maximum atomic E-state index is 13.6. The summed E-state index contributed by atoms with van der Waals surface area (Å²) in [7, 11) is 0. The van der Waals surface area contributed by atoms with Gasteiger partial charge in [0.05, 0.1) is 12.1 Å². The average Bonchev–Trinajstić information content (AvgIpc) is 3.26. The molecule has 0 aromatic heterocycles. The van der Waals surface area contributed by atoms with Crippen LogP contribution in [0.1, 0.15) is 195 Å². The molecule has 17 nitrogen and oxygen atoms in total. The van der Waals surface area contributed by atoms with Gasteiger partial charge in [0.1, 0.15) is 30.5 Å². The van der Waals surface area contributed by atoms with Crippen LogP contribution in [-0.2, 0) is 33.6 Å². The number of hydrogen-bond acceptors (Lipinski definition) is 10. The smallest absolute Gasteiger partial charge is 0.303 e. The molecule has 0 aromatic carbocycles. The zero-order valence-electron chi connectivity index (χ0n) is 40.9. The summed E-state index contributed by atoms with van der Waals surface area (Å²) >= 11 is 1.43. The number of aliphatic imine (C=N–C) groups is 1. The first-order chi connectivity index (χ1) is 31.1. The van der Waals surface area contributed by atoms with E-state index in [1.807, 2.05) is 6.26 Å². The SMILES string of the molecule is CCCCCCCCCCC.CCCCCCCCCCCCC(=O)N[C@H](C(=O)NC(CCC(=O)O)C(=O)N[C@@H](CCCN=C(N)N)C(=O)NC(CCSC)C(=O)N[C@@H](C)C=O)[C@@H](C)O. The molecule has 0 fully saturated rings. The van der Waals surface area contributed by atoms with Gasteiger partial charge in [0.2, 0.25) is 29.5 Å². The molecule has 0 heterocycles. The van der Waals surface area contributed by atoms with Crippen LogP contribution in [0.5, 0.6) is 0 Å². The van der Waals surface area contributed by atoms with E-state index in [-0.39, 0.29) is 44.6 Å². The van der Waals surface area contributed by atoms with Gasteiger partial charge in [0, 0.05) is 19.4 Å². The largest absolute Gasteiger partial charge is 0.481 e. The molecule has 0 aliphatic heterocycles. The summed E-state index contributed by atoms with van der Waals surface area (Å²) in [5, 5.41) is 32.3. The minimum absolute atomic E-state index is 0.0130. The van der Waals surface area contributed by atoms with E-state index < -0.39 is 78.2 Å². The summed E-state index contributed by atoms with van der Waals surface area (Å²) in [5.41, 5.74) is 10.8. The number of amides is 5. The number of hydrogen-bond donors (Lipinski definition) is 9. The van der Waals surface area contributed by atoms with Crippen molar-refractivity contribution in [2.45, 2.75) is 231 Å². The molecule has 0 rings (SSSR count). The summed E-state index contributed by atoms with van der Waals surface area (Å²) in [5.74, 6) is -4.59. The normalized spacial score (nSPS) is 13.6. The molecule has 5 amide bonds. The Balaban J connectivity index is 0. The molecule has 0 radical (unpaired) electrons. The molecule has 65 heavy (non-hydrogen) atoms. The molecule has 18 heteroatoms. The highest BCUT2D eigenvalue weighted by atomic mass is 32.2. The van der Waals surface area contributed by atoms with E-state index >= 15 is 0 Å². The van der Waals surface area contributed by atoms with E-state index in [0.29, 0.717) is 18.5 Å². The third-order valence-electron chi connectivity index (χ3n) is 10.7. The Morgan fingerprint density at radius 2 is 0.985 bits per heavy atom. The highest BCUT2D eigenvalue weighted by Crippen LogP contribution is 2.13. The molecule has 0 bridgehead atoms. The minimum atomic E-state index is -1.48. The Labute approximate surface area is 395 Å². The quantitative estimate of drug-likeness (QED) is 0.0159. The lowest BCUT2D eigenvalue weighted by molar-refractivity contribution is -0.139. The summed E-state index contributed by atoms with van der Waals surface area (Å²) in [6, 6.07) is -6.07. The third-order valence-corrected chi connectivity index (χ3v) is 11.4. The van der Waals surface area contributed by atoms with Gasteiger partial charge in [-0.15, -0.1) is 0 Å². The highest BCUT2D eigenvalue weighted by molar-refractivity contribution is 7.98. The van der Waals surface area contributed by atoms with E-state index in [4.69, 9.17) is 11.5 Å². The number of carbonyl (C=O) groups excluding carboxylic acids is 6. The third kappa shape index (κ3) is 36.9. The summed E-state index contributed by atoms with van der Waals surface area (Å²) in [4.78, 5) is 92.6. The van der Waals surface area contributed by atoms with E-state index in [1.54, 1.807) is 0 Å². The van der Waals surface area contributed by atoms with Crippen LogP contribution in [0.4, 0.5) is 0 Å². The Morgan fingerprint density at radius 1 is 0.569 bits per heavy atom. The average molecular weight is 943 g/mol. The topological polar surface area (TPSA) is 285 Å². The van der Waals surface area contributed by atoms with Crippen LogP contribution in [0, 0.1) is 0 Å². The minimum Gasteiger partial charge on any atom is -0.481 e. The van der Waals surface area contributed by atoms with Crippen molar-refractivity contribution in [2.24, 2.45) is 16.5 Å². The fourth-order valence-electron chi connectivity index (χ4n) is 6.79. The number of nitrogens with two attached hydrogens (primary N) is 2. The van der Waals surface area contributed by atoms with Gasteiger partial charge < -0.3 is 53.1 Å². The van der Waals surface area contributed by atoms with Crippen LogP contribution in [0.2, 0.25) is 0 Å². The van der Waals surface area contributed by atoms with Crippen LogP contribution >= 0.6 is 11.8 Å². The van der Waals surface area contributed by atoms with Crippen LogP contribution in [0.3, 0.4) is 0 Å². The van der Waals surface area contributed by atoms with E-state index in [2.05, 4.69) is 52.3 Å². The van der Waals surface area contributed by atoms with Crippen molar-refractivity contribution < 1.29 is 43.8 Å². The number of thioether (sulfide) groups is 1. The molecule has 2 unspecified atom stereocenters. The van der Waals surface area contributed by atoms with Gasteiger partial charge in [0.25, 0.3) is 0 Å². The number of nitrogens with one attached hydrogen (secondary N) is 5. The van der Waals surface area contributed by atoms with Crippen molar-refractivity contribution in [3.63, 3.8) is 0 Å². The van der Waals surface area contributed by atoms with Gasteiger partial charge in [-0.1, -0.05) is 136 Å². The van der Waals surface area contributed by atoms with Gasteiger partial charge in [0.15, 0.2) is 5.96 Å². The van der Waals surface area contributed by atoms with Crippen molar-refractivity contribution in [1.82, 2.24) is 26.6 Å². The van der Waals surface area contributed by atoms with Crippen LogP contribution < -0.4 is 38.1 Å². The number of carboxylic acids is 1. The summed E-state index contributed by atoms with van der Waals surface area (Å²) in [6.07, 6.45) is 24.4. The molecule has 378 valence electrons. The maximum absolute atomic E-state index is 13.6. The van der Waals surface area contributed by atoms with Crippen LogP contribution in [0.15, 0.2) is 4.99 Å². The molecule has 0 aliphatic rings. The van der Waals surface area contributed by atoms with Gasteiger partial charge in [-0.2, -0.15) is 11.8 Å². The lowest BCUT2D eigenvalue weighted by Crippen LogP contribution is -2.59. The van der Waals surface area contributed by atoms with Crippen molar-refractivity contribution in [2.75, 3.05) is 18.6 Å². The zero-order valence-corrected chi connectivity index (χ0v) is 41.7. The number of aliphatic hydroxyl groups excluding tert-OH is 1. The van der Waals surface area contributed by atoms with Gasteiger partial charge in [-0.3, -0.25) is 33.8 Å².